The van der Waals surface area contributed by atoms with Gasteiger partial charge in [-0.15, -0.1) is 0 Å². The molecule has 1 N–H and O–H groups in total. The number of nitrogens with zero attached hydrogens (tertiary/aromatic N) is 1. The van der Waals surface area contributed by atoms with Crippen molar-refractivity contribution in [2.75, 3.05) is 26.3 Å². The van der Waals surface area contributed by atoms with Gasteiger partial charge >= 0.3 is 0 Å². The van der Waals surface area contributed by atoms with Gasteiger partial charge < -0.3 is 14.8 Å². The number of rotatable bonds is 5. The smallest absolute Gasteiger partial charge is 0.237 e. The van der Waals surface area contributed by atoms with Gasteiger partial charge in [0.25, 0.3) is 0 Å². The van der Waals surface area contributed by atoms with E-state index in [1.54, 1.807) is 6.07 Å². The van der Waals surface area contributed by atoms with Crippen molar-refractivity contribution in [1.29, 1.82) is 0 Å². The summed E-state index contributed by atoms with van der Waals surface area (Å²) in [6, 6.07) is 5.68. The highest BCUT2D eigenvalue weighted by Gasteiger charge is 2.31. The van der Waals surface area contributed by atoms with Crippen molar-refractivity contribution < 1.29 is 19.1 Å². The van der Waals surface area contributed by atoms with Crippen LogP contribution in [-0.4, -0.2) is 55.0 Å². The lowest BCUT2D eigenvalue weighted by Crippen LogP contribution is -2.50. The zero-order chi connectivity index (χ0) is 19.5. The van der Waals surface area contributed by atoms with Crippen LogP contribution in [0.15, 0.2) is 18.2 Å². The summed E-state index contributed by atoms with van der Waals surface area (Å²) in [4.78, 5) is 27.7. The Morgan fingerprint density at radius 1 is 1.04 bits per heavy atom. The molecular formula is C22H30N2O4. The highest BCUT2D eigenvalue weighted by molar-refractivity contribution is 5.98. The number of carbonyl (C=O) groups is 2. The van der Waals surface area contributed by atoms with Crippen LogP contribution >= 0.6 is 0 Å². The van der Waals surface area contributed by atoms with E-state index in [-0.39, 0.29) is 23.7 Å². The molecule has 0 spiro atoms. The van der Waals surface area contributed by atoms with Gasteiger partial charge in [0.1, 0.15) is 13.2 Å². The Hall–Kier alpha value is -2.08. The number of carbonyl (C=O) groups excluding carboxylic acids is 2. The van der Waals surface area contributed by atoms with Gasteiger partial charge in [-0.1, -0.05) is 12.8 Å². The Bertz CT molecular complexity index is 721. The molecule has 1 saturated carbocycles. The average Bonchev–Trinajstić information content (AvgIpc) is 3.25. The summed E-state index contributed by atoms with van der Waals surface area (Å²) in [5, 5.41) is 3.19. The maximum atomic E-state index is 12.9. The topological polar surface area (TPSA) is 67.9 Å². The first-order chi connectivity index (χ1) is 13.6. The molecule has 1 aromatic rings. The molecule has 28 heavy (non-hydrogen) atoms. The summed E-state index contributed by atoms with van der Waals surface area (Å²) in [5.41, 5.74) is 0.690. The summed E-state index contributed by atoms with van der Waals surface area (Å²) in [7, 11) is 0. The minimum Gasteiger partial charge on any atom is -0.486 e. The van der Waals surface area contributed by atoms with Gasteiger partial charge in [-0.2, -0.15) is 0 Å². The SMILES string of the molecule is CC(C(=O)NC1CCCC1)N1CCC(C(=O)c2ccc3c(c2)OCCO3)CC1. The van der Waals surface area contributed by atoms with Crippen molar-refractivity contribution in [1.82, 2.24) is 10.2 Å². The van der Waals surface area contributed by atoms with Crippen LogP contribution in [0.3, 0.4) is 0 Å². The van der Waals surface area contributed by atoms with E-state index in [0.717, 1.165) is 38.8 Å². The minimum absolute atomic E-state index is 0.00361. The van der Waals surface area contributed by atoms with E-state index in [9.17, 15) is 9.59 Å². The first kappa shape index (κ1) is 19.2. The van der Waals surface area contributed by atoms with E-state index >= 15 is 0 Å². The lowest BCUT2D eigenvalue weighted by atomic mass is 9.88. The van der Waals surface area contributed by atoms with Crippen molar-refractivity contribution in [2.24, 2.45) is 5.92 Å². The summed E-state index contributed by atoms with van der Waals surface area (Å²) < 4.78 is 11.1. The molecule has 0 aromatic heterocycles. The minimum atomic E-state index is -0.133. The van der Waals surface area contributed by atoms with Crippen LogP contribution in [0.4, 0.5) is 0 Å². The van der Waals surface area contributed by atoms with Crippen molar-refractivity contribution >= 4 is 11.7 Å². The Kier molecular flexibility index (Phi) is 5.85. The van der Waals surface area contributed by atoms with Crippen LogP contribution in [0.2, 0.25) is 0 Å². The molecular weight excluding hydrogens is 356 g/mol. The van der Waals surface area contributed by atoms with E-state index in [4.69, 9.17) is 9.47 Å². The maximum absolute atomic E-state index is 12.9. The summed E-state index contributed by atoms with van der Waals surface area (Å²) in [5.74, 6) is 1.67. The molecule has 2 heterocycles. The Morgan fingerprint density at radius 3 is 2.43 bits per heavy atom. The molecule has 1 saturated heterocycles. The molecule has 1 unspecified atom stereocenters. The second-order valence-corrected chi connectivity index (χ2v) is 8.20. The number of ketones is 1. The van der Waals surface area contributed by atoms with Gasteiger partial charge in [-0.3, -0.25) is 14.5 Å². The molecule has 1 amide bonds. The fraction of sp³-hybridized carbons (Fsp3) is 0.636. The second-order valence-electron chi connectivity index (χ2n) is 8.20. The Labute approximate surface area is 166 Å². The average molecular weight is 386 g/mol. The number of ether oxygens (including phenoxy) is 2. The third kappa shape index (κ3) is 4.17. The first-order valence-corrected chi connectivity index (χ1v) is 10.6. The van der Waals surface area contributed by atoms with Crippen LogP contribution in [0.25, 0.3) is 0 Å². The molecule has 6 nitrogen and oxygen atoms in total. The molecule has 2 aliphatic heterocycles. The number of piperidine rings is 1. The van der Waals surface area contributed by atoms with E-state index in [1.807, 2.05) is 19.1 Å². The number of amides is 1. The predicted molar refractivity (Wildman–Crippen MR) is 106 cm³/mol. The van der Waals surface area contributed by atoms with Gasteiger partial charge in [-0.25, -0.2) is 0 Å². The lowest BCUT2D eigenvalue weighted by molar-refractivity contribution is -0.127. The molecule has 0 bridgehead atoms. The van der Waals surface area contributed by atoms with Crippen LogP contribution in [0.5, 0.6) is 11.5 Å². The molecule has 6 heteroatoms. The van der Waals surface area contributed by atoms with E-state index in [0.29, 0.717) is 36.3 Å². The van der Waals surface area contributed by atoms with Gasteiger partial charge in [0.2, 0.25) is 5.91 Å². The summed E-state index contributed by atoms with van der Waals surface area (Å²) in [6.45, 7) is 4.60. The molecule has 1 aromatic carbocycles. The third-order valence-corrected chi connectivity index (χ3v) is 6.36. The number of nitrogens with one attached hydrogen (secondary N) is 1. The van der Waals surface area contributed by atoms with Crippen molar-refractivity contribution in [2.45, 2.75) is 57.5 Å². The summed E-state index contributed by atoms with van der Waals surface area (Å²) >= 11 is 0. The molecule has 1 atom stereocenters. The normalized spacial score (nSPS) is 22.0. The van der Waals surface area contributed by atoms with Gasteiger partial charge in [0, 0.05) is 17.5 Å². The Morgan fingerprint density at radius 2 is 1.71 bits per heavy atom. The standard InChI is InChI=1S/C22H30N2O4/c1-15(22(26)23-18-4-2-3-5-18)24-10-8-16(9-11-24)21(25)17-6-7-19-20(14-17)28-13-12-27-19/h6-7,14-16,18H,2-5,8-13H2,1H3,(H,23,26). The van der Waals surface area contributed by atoms with Gasteiger partial charge in [0.15, 0.2) is 17.3 Å². The van der Waals surface area contributed by atoms with E-state index in [2.05, 4.69) is 10.2 Å². The zero-order valence-electron chi connectivity index (χ0n) is 16.6. The van der Waals surface area contributed by atoms with Crippen LogP contribution in [-0.2, 0) is 4.79 Å². The molecule has 4 rings (SSSR count). The lowest BCUT2D eigenvalue weighted by Gasteiger charge is -2.35. The number of Topliss-reactive ketones (excluding diaryl/α,β-unsaturated/α-hetero) is 1. The van der Waals surface area contributed by atoms with Crippen LogP contribution in [0.1, 0.15) is 55.8 Å². The fourth-order valence-corrected chi connectivity index (χ4v) is 4.54. The zero-order valence-corrected chi connectivity index (χ0v) is 16.6. The molecule has 0 radical (unpaired) electrons. The van der Waals surface area contributed by atoms with Crippen molar-refractivity contribution in [3.63, 3.8) is 0 Å². The number of hydrogen-bond donors (Lipinski definition) is 1. The van der Waals surface area contributed by atoms with Crippen molar-refractivity contribution in [3.05, 3.63) is 23.8 Å². The highest BCUT2D eigenvalue weighted by Crippen LogP contribution is 2.32. The maximum Gasteiger partial charge on any atom is 0.237 e. The fourth-order valence-electron chi connectivity index (χ4n) is 4.54. The Balaban J connectivity index is 1.30. The van der Waals surface area contributed by atoms with Gasteiger partial charge in [0.05, 0.1) is 6.04 Å². The van der Waals surface area contributed by atoms with E-state index < -0.39 is 0 Å². The number of hydrogen-bond acceptors (Lipinski definition) is 5. The van der Waals surface area contributed by atoms with Crippen LogP contribution < -0.4 is 14.8 Å². The second kappa shape index (κ2) is 8.52. The highest BCUT2D eigenvalue weighted by atomic mass is 16.6. The first-order valence-electron chi connectivity index (χ1n) is 10.6. The van der Waals surface area contributed by atoms with Gasteiger partial charge in [-0.05, 0) is 63.9 Å². The molecule has 1 aliphatic carbocycles. The molecule has 2 fully saturated rings. The quantitative estimate of drug-likeness (QED) is 0.788. The largest absolute Gasteiger partial charge is 0.486 e. The molecule has 3 aliphatic rings. The van der Waals surface area contributed by atoms with Crippen molar-refractivity contribution in [3.8, 4) is 11.5 Å². The number of likely N-dealkylation sites (tertiary alicyclic amines) is 1. The molecule has 152 valence electrons. The number of benzene rings is 1. The third-order valence-electron chi connectivity index (χ3n) is 6.36. The summed E-state index contributed by atoms with van der Waals surface area (Å²) in [6.07, 6.45) is 6.21. The van der Waals surface area contributed by atoms with Crippen LogP contribution in [0, 0.1) is 5.92 Å². The monoisotopic (exact) mass is 386 g/mol. The van der Waals surface area contributed by atoms with E-state index in [1.165, 1.54) is 12.8 Å². The number of fused-ring (bicyclic) bond motifs is 1. The predicted octanol–water partition coefficient (Wildman–Crippen LogP) is 2.80.